The van der Waals surface area contributed by atoms with E-state index < -0.39 is 12.0 Å². The third-order valence-corrected chi connectivity index (χ3v) is 6.33. The Labute approximate surface area is 203 Å². The zero-order valence-corrected chi connectivity index (χ0v) is 19.9. The smallest absolute Gasteiger partial charge is 0.320 e. The summed E-state index contributed by atoms with van der Waals surface area (Å²) in [6.07, 6.45) is 1.31. The first-order valence-corrected chi connectivity index (χ1v) is 11.7. The van der Waals surface area contributed by atoms with Gasteiger partial charge in [0.05, 0.1) is 11.6 Å². The molecule has 1 aliphatic rings. The van der Waals surface area contributed by atoms with Gasteiger partial charge in [0.25, 0.3) is 0 Å². The molecule has 7 heteroatoms. The molecule has 4 rings (SSSR count). The molecule has 0 aromatic heterocycles. The lowest BCUT2D eigenvalue weighted by Crippen LogP contribution is -2.33. The Kier molecular flexibility index (Phi) is 7.39. The van der Waals surface area contributed by atoms with Gasteiger partial charge in [-0.05, 0) is 55.5 Å². The van der Waals surface area contributed by atoms with Crippen molar-refractivity contribution < 1.29 is 23.8 Å². The Hall–Kier alpha value is -3.09. The van der Waals surface area contributed by atoms with E-state index in [0.717, 1.165) is 35.1 Å². The molecule has 178 valence electrons. The minimum absolute atomic E-state index is 0.218. The highest BCUT2D eigenvalue weighted by Crippen LogP contribution is 2.43. The molecule has 0 amide bonds. The number of hydrogen-bond acceptors (Lipinski definition) is 4. The number of carboxylic acid groups (broad SMARTS) is 1. The summed E-state index contributed by atoms with van der Waals surface area (Å²) in [6.45, 7) is 4.19. The zero-order valence-electron chi connectivity index (χ0n) is 19.1. The monoisotopic (exact) mass is 483 g/mol. The molecule has 0 saturated heterocycles. The summed E-state index contributed by atoms with van der Waals surface area (Å²) >= 11 is 6.56. The summed E-state index contributed by atoms with van der Waals surface area (Å²) in [5.41, 5.74) is 4.33. The van der Waals surface area contributed by atoms with E-state index in [1.165, 1.54) is 6.07 Å². The molecular formula is C27H27ClFNO4. The second kappa shape index (κ2) is 10.5. The molecule has 2 N–H and O–H groups in total. The number of carboxylic acids is 1. The van der Waals surface area contributed by atoms with Gasteiger partial charge in [-0.3, -0.25) is 4.79 Å². The predicted octanol–water partition coefficient (Wildman–Crippen LogP) is 6.17. The third-order valence-electron chi connectivity index (χ3n) is 6.03. The van der Waals surface area contributed by atoms with Crippen molar-refractivity contribution in [1.82, 2.24) is 5.32 Å². The lowest BCUT2D eigenvalue weighted by atomic mass is 9.96. The molecular weight excluding hydrogens is 457 g/mol. The molecule has 0 saturated carbocycles. The van der Waals surface area contributed by atoms with Crippen LogP contribution in [0.5, 0.6) is 11.5 Å². The van der Waals surface area contributed by atoms with Gasteiger partial charge in [-0.2, -0.15) is 0 Å². The Balaban J connectivity index is 1.60. The van der Waals surface area contributed by atoms with Crippen LogP contribution in [0.15, 0.2) is 54.6 Å². The fourth-order valence-electron chi connectivity index (χ4n) is 4.27. The highest BCUT2D eigenvalue weighted by molar-refractivity contribution is 6.32. The second-order valence-corrected chi connectivity index (χ2v) is 8.67. The van der Waals surface area contributed by atoms with Crippen LogP contribution in [0.4, 0.5) is 4.39 Å². The number of ether oxygens (including phenoxy) is 2. The van der Waals surface area contributed by atoms with Crippen LogP contribution in [-0.2, 0) is 17.8 Å². The normalized spacial score (nSPS) is 15.6. The minimum atomic E-state index is -0.932. The van der Waals surface area contributed by atoms with Crippen molar-refractivity contribution in [3.8, 4) is 22.6 Å². The third kappa shape index (κ3) is 5.03. The van der Waals surface area contributed by atoms with Crippen molar-refractivity contribution in [2.45, 2.75) is 45.4 Å². The number of aliphatic carboxylic acids is 1. The topological polar surface area (TPSA) is 67.8 Å². The molecule has 0 bridgehead atoms. The second-order valence-electron chi connectivity index (χ2n) is 8.26. The highest BCUT2D eigenvalue weighted by atomic mass is 35.5. The van der Waals surface area contributed by atoms with Gasteiger partial charge in [0.2, 0.25) is 0 Å². The van der Waals surface area contributed by atoms with Crippen molar-refractivity contribution in [3.05, 3.63) is 82.1 Å². The predicted molar refractivity (Wildman–Crippen MR) is 130 cm³/mol. The summed E-state index contributed by atoms with van der Waals surface area (Å²) in [5.74, 6) is -0.0932. The Bertz CT molecular complexity index is 1200. The summed E-state index contributed by atoms with van der Waals surface area (Å²) < 4.78 is 26.6. The maximum Gasteiger partial charge on any atom is 0.320 e. The lowest BCUT2D eigenvalue weighted by Gasteiger charge is -2.20. The van der Waals surface area contributed by atoms with Crippen LogP contribution in [0.25, 0.3) is 11.1 Å². The van der Waals surface area contributed by atoms with Crippen molar-refractivity contribution >= 4 is 17.6 Å². The molecule has 0 heterocycles. The van der Waals surface area contributed by atoms with Crippen LogP contribution < -0.4 is 14.8 Å². The van der Waals surface area contributed by atoms with Crippen LogP contribution in [0.1, 0.15) is 43.1 Å². The number of halogens is 2. The molecule has 0 spiro atoms. The Morgan fingerprint density at radius 3 is 2.68 bits per heavy atom. The van der Waals surface area contributed by atoms with E-state index in [0.29, 0.717) is 35.2 Å². The van der Waals surface area contributed by atoms with E-state index in [4.69, 9.17) is 26.2 Å². The Morgan fingerprint density at radius 1 is 1.18 bits per heavy atom. The van der Waals surface area contributed by atoms with E-state index in [2.05, 4.69) is 5.32 Å². The van der Waals surface area contributed by atoms with Gasteiger partial charge >= 0.3 is 5.97 Å². The number of benzene rings is 3. The molecule has 2 atom stereocenters. The van der Waals surface area contributed by atoms with Crippen molar-refractivity contribution in [2.75, 3.05) is 6.61 Å². The first-order valence-electron chi connectivity index (χ1n) is 11.3. The largest absolute Gasteiger partial charge is 0.493 e. The van der Waals surface area contributed by atoms with Gasteiger partial charge in [0.15, 0.2) is 0 Å². The number of carbonyl (C=O) groups is 1. The van der Waals surface area contributed by atoms with Crippen LogP contribution in [0.2, 0.25) is 5.02 Å². The fraction of sp³-hybridized carbons (Fsp3) is 0.296. The molecule has 1 aliphatic carbocycles. The van der Waals surface area contributed by atoms with Crippen molar-refractivity contribution in [3.63, 3.8) is 0 Å². The van der Waals surface area contributed by atoms with Gasteiger partial charge in [-0.25, -0.2) is 4.39 Å². The standard InChI is InChI=1S/C27H27ClFNO4/c1-3-33-25-14-26(22(28)13-17(25)15-30-16(2)27(31)32)34-24-12-11-19-18(8-6-9-21(19)24)20-7-4-5-10-23(20)29/h4-10,13-14,16,24,30H,3,11-12,15H2,1-2H3,(H,31,32)/t16-,24-/m0/s1. The van der Waals surface area contributed by atoms with Gasteiger partial charge in [-0.1, -0.05) is 48.0 Å². The van der Waals surface area contributed by atoms with E-state index in [9.17, 15) is 9.18 Å². The molecule has 0 unspecified atom stereocenters. The number of fused-ring (bicyclic) bond motifs is 1. The molecule has 0 fully saturated rings. The maximum atomic E-state index is 14.5. The van der Waals surface area contributed by atoms with Gasteiger partial charge < -0.3 is 19.9 Å². The number of nitrogens with one attached hydrogen (secondary N) is 1. The quantitative estimate of drug-likeness (QED) is 0.380. The van der Waals surface area contributed by atoms with E-state index in [1.54, 1.807) is 31.2 Å². The summed E-state index contributed by atoms with van der Waals surface area (Å²) in [4.78, 5) is 11.1. The van der Waals surface area contributed by atoms with Gasteiger partial charge in [-0.15, -0.1) is 0 Å². The summed E-state index contributed by atoms with van der Waals surface area (Å²) in [5, 5.41) is 12.5. The van der Waals surface area contributed by atoms with E-state index in [-0.39, 0.29) is 11.9 Å². The average molecular weight is 484 g/mol. The SMILES string of the molecule is CCOc1cc(O[C@H]2CCc3c(-c4ccccc4F)cccc32)c(Cl)cc1CN[C@@H](C)C(=O)O. The lowest BCUT2D eigenvalue weighted by molar-refractivity contribution is -0.139. The van der Waals surface area contributed by atoms with Crippen LogP contribution in [0, 0.1) is 5.82 Å². The van der Waals surface area contributed by atoms with E-state index in [1.807, 2.05) is 31.2 Å². The number of rotatable bonds is 9. The van der Waals surface area contributed by atoms with Crippen molar-refractivity contribution in [1.29, 1.82) is 0 Å². The van der Waals surface area contributed by atoms with Crippen LogP contribution >= 0.6 is 11.6 Å². The summed E-state index contributed by atoms with van der Waals surface area (Å²) in [7, 11) is 0. The van der Waals surface area contributed by atoms with Gasteiger partial charge in [0, 0.05) is 23.7 Å². The van der Waals surface area contributed by atoms with E-state index >= 15 is 0 Å². The first-order chi connectivity index (χ1) is 16.4. The zero-order chi connectivity index (χ0) is 24.2. The first kappa shape index (κ1) is 24.0. The van der Waals surface area contributed by atoms with Crippen LogP contribution in [-0.4, -0.2) is 23.7 Å². The summed E-state index contributed by atoms with van der Waals surface area (Å²) in [6, 6.07) is 15.5. The average Bonchev–Trinajstić information content (AvgIpc) is 3.23. The van der Waals surface area contributed by atoms with Crippen molar-refractivity contribution in [2.24, 2.45) is 0 Å². The highest BCUT2D eigenvalue weighted by Gasteiger charge is 2.28. The molecule has 3 aromatic rings. The Morgan fingerprint density at radius 2 is 1.94 bits per heavy atom. The molecule has 5 nitrogen and oxygen atoms in total. The molecule has 0 aliphatic heterocycles. The maximum absolute atomic E-state index is 14.5. The fourth-order valence-corrected chi connectivity index (χ4v) is 4.50. The van der Waals surface area contributed by atoms with Crippen LogP contribution in [0.3, 0.4) is 0 Å². The molecule has 0 radical (unpaired) electrons. The number of hydrogen-bond donors (Lipinski definition) is 2. The molecule has 3 aromatic carbocycles. The minimum Gasteiger partial charge on any atom is -0.493 e. The molecule has 34 heavy (non-hydrogen) atoms. The van der Waals surface area contributed by atoms with Gasteiger partial charge in [0.1, 0.15) is 29.5 Å².